The zero-order chi connectivity index (χ0) is 38.8. The molecule has 274 valence electrons. The second-order valence-electron chi connectivity index (χ2n) is 16.1. The maximum atomic E-state index is 5.27. The first kappa shape index (κ1) is 34.1. The van der Waals surface area contributed by atoms with Crippen LogP contribution in [0.15, 0.2) is 206 Å². The number of fused-ring (bicyclic) bond motifs is 9. The molecule has 0 atom stereocenters. The summed E-state index contributed by atoms with van der Waals surface area (Å²) in [7, 11) is 0. The number of nitrogens with zero attached hydrogens (tertiary/aromatic N) is 2. The lowest BCUT2D eigenvalue weighted by atomic mass is 9.55. The van der Waals surface area contributed by atoms with Gasteiger partial charge in [-0.1, -0.05) is 196 Å². The second-order valence-corrected chi connectivity index (χ2v) is 16.1. The van der Waals surface area contributed by atoms with Gasteiger partial charge >= 0.3 is 0 Å². The quantitative estimate of drug-likeness (QED) is 0.176. The van der Waals surface area contributed by atoms with Crippen molar-refractivity contribution < 1.29 is 0 Å². The first-order chi connectivity index (χ1) is 28.5. The number of hydrogen-bond donors (Lipinski definition) is 0. The Morgan fingerprint density at radius 2 is 0.741 bits per heavy atom. The lowest BCUT2D eigenvalue weighted by Crippen LogP contribution is -2.40. The van der Waals surface area contributed by atoms with E-state index < -0.39 is 5.41 Å². The van der Waals surface area contributed by atoms with Gasteiger partial charge in [-0.2, -0.15) is 0 Å². The molecule has 8 aromatic carbocycles. The molecule has 1 heterocycles. The Kier molecular flexibility index (Phi) is 7.78. The van der Waals surface area contributed by atoms with Crippen molar-refractivity contribution in [2.75, 3.05) is 0 Å². The van der Waals surface area contributed by atoms with Crippen molar-refractivity contribution in [3.63, 3.8) is 0 Å². The summed E-state index contributed by atoms with van der Waals surface area (Å²) in [5.74, 6) is 0.705. The van der Waals surface area contributed by atoms with Crippen LogP contribution in [0.4, 0.5) is 0 Å². The molecule has 2 nitrogen and oxygen atoms in total. The minimum absolute atomic E-state index is 0.225. The van der Waals surface area contributed by atoms with Gasteiger partial charge in [-0.3, -0.25) is 0 Å². The van der Waals surface area contributed by atoms with Gasteiger partial charge in [0.05, 0.1) is 16.8 Å². The van der Waals surface area contributed by atoms with E-state index in [9.17, 15) is 0 Å². The van der Waals surface area contributed by atoms with Crippen LogP contribution in [0.2, 0.25) is 0 Å². The average Bonchev–Trinajstić information content (AvgIpc) is 3.59. The molecular weight excluding hydrogens is 701 g/mol. The first-order valence-corrected chi connectivity index (χ1v) is 20.2. The highest BCUT2D eigenvalue weighted by molar-refractivity contribution is 5.89. The highest BCUT2D eigenvalue weighted by atomic mass is 14.9. The van der Waals surface area contributed by atoms with Crippen LogP contribution in [0.1, 0.15) is 47.2 Å². The Morgan fingerprint density at radius 3 is 1.41 bits per heavy atom. The first-order valence-electron chi connectivity index (χ1n) is 20.2. The van der Waals surface area contributed by atoms with Gasteiger partial charge in [0, 0.05) is 22.1 Å². The molecule has 0 bridgehead atoms. The van der Waals surface area contributed by atoms with Gasteiger partial charge in [0.15, 0.2) is 5.82 Å². The molecular formula is C56H40N2. The predicted octanol–water partition coefficient (Wildman–Crippen LogP) is 13.8. The molecule has 1 spiro atoms. The van der Waals surface area contributed by atoms with Crippen molar-refractivity contribution in [1.82, 2.24) is 9.97 Å². The highest BCUT2D eigenvalue weighted by Gasteiger charge is 2.53. The molecule has 9 aromatic rings. The fraction of sp³-hybridized carbons (Fsp3) is 0.0714. The number of aromatic nitrogens is 2. The topological polar surface area (TPSA) is 25.8 Å². The Bertz CT molecular complexity index is 2990. The zero-order valence-electron chi connectivity index (χ0n) is 32.5. The van der Waals surface area contributed by atoms with Gasteiger partial charge in [-0.25, -0.2) is 9.97 Å². The van der Waals surface area contributed by atoms with Gasteiger partial charge in [0.1, 0.15) is 0 Å². The van der Waals surface area contributed by atoms with Crippen LogP contribution in [-0.2, 0) is 10.8 Å². The fourth-order valence-corrected chi connectivity index (χ4v) is 9.84. The van der Waals surface area contributed by atoms with E-state index >= 15 is 0 Å². The number of rotatable bonds is 5. The lowest BCUT2D eigenvalue weighted by Gasteiger charge is -2.46. The molecule has 2 aliphatic carbocycles. The molecule has 0 aliphatic heterocycles. The largest absolute Gasteiger partial charge is 0.228 e. The van der Waals surface area contributed by atoms with Crippen molar-refractivity contribution in [3.05, 3.63) is 240 Å². The molecule has 0 N–H and O–H groups in total. The standard InChI is InChI=1S/C56H40N2/c1-55(2)48-29-13-14-30-49(48)56(46-27-11-9-25-44(46)45-26-10-12-28-47(45)56)50-32-31-41(35-51(50)55)40-22-15-23-42(33-40)53-36-52(38-19-7-4-8-20-38)57-54(58-53)43-24-16-21-39(34-43)37-17-5-3-6-18-37/h3-36H,1-2H3. The molecule has 58 heavy (non-hydrogen) atoms. The maximum Gasteiger partial charge on any atom is 0.160 e. The monoisotopic (exact) mass is 740 g/mol. The van der Waals surface area contributed by atoms with Gasteiger partial charge in [-0.05, 0) is 91.0 Å². The minimum Gasteiger partial charge on any atom is -0.228 e. The van der Waals surface area contributed by atoms with E-state index in [2.05, 4.69) is 214 Å². The highest BCUT2D eigenvalue weighted by Crippen LogP contribution is 2.62. The molecule has 0 saturated heterocycles. The molecule has 2 heteroatoms. The van der Waals surface area contributed by atoms with E-state index in [0.717, 1.165) is 39.2 Å². The zero-order valence-corrected chi connectivity index (χ0v) is 32.5. The van der Waals surface area contributed by atoms with Gasteiger partial charge < -0.3 is 0 Å². The van der Waals surface area contributed by atoms with Crippen LogP contribution < -0.4 is 0 Å². The minimum atomic E-state index is -0.405. The summed E-state index contributed by atoms with van der Waals surface area (Å²) in [6, 6.07) is 74.9. The van der Waals surface area contributed by atoms with Crippen molar-refractivity contribution in [2.24, 2.45) is 0 Å². The van der Waals surface area contributed by atoms with Gasteiger partial charge in [0.2, 0.25) is 0 Å². The smallest absolute Gasteiger partial charge is 0.160 e. The molecule has 0 unspecified atom stereocenters. The van der Waals surface area contributed by atoms with Crippen molar-refractivity contribution >= 4 is 0 Å². The van der Waals surface area contributed by atoms with E-state index in [0.29, 0.717) is 5.82 Å². The van der Waals surface area contributed by atoms with E-state index in [1.807, 2.05) is 6.07 Å². The van der Waals surface area contributed by atoms with E-state index in [-0.39, 0.29) is 5.41 Å². The Balaban J connectivity index is 1.07. The molecule has 1 aromatic heterocycles. The Labute approximate surface area is 340 Å². The van der Waals surface area contributed by atoms with E-state index in [4.69, 9.17) is 9.97 Å². The van der Waals surface area contributed by atoms with Crippen LogP contribution in [0.25, 0.3) is 67.3 Å². The third-order valence-corrected chi connectivity index (χ3v) is 12.6. The summed E-state index contributed by atoms with van der Waals surface area (Å²) in [6.45, 7) is 4.79. The fourth-order valence-electron chi connectivity index (χ4n) is 9.84. The Morgan fingerprint density at radius 1 is 0.293 bits per heavy atom. The van der Waals surface area contributed by atoms with Crippen LogP contribution in [0, 0.1) is 0 Å². The average molecular weight is 741 g/mol. The summed E-state index contributed by atoms with van der Waals surface area (Å²) >= 11 is 0. The van der Waals surface area contributed by atoms with Crippen LogP contribution >= 0.6 is 0 Å². The van der Waals surface area contributed by atoms with Gasteiger partial charge in [-0.15, -0.1) is 0 Å². The summed E-state index contributed by atoms with van der Waals surface area (Å²) in [5, 5.41) is 0. The number of benzene rings is 8. The van der Waals surface area contributed by atoms with Gasteiger partial charge in [0.25, 0.3) is 0 Å². The summed E-state index contributed by atoms with van der Waals surface area (Å²) in [4.78, 5) is 10.4. The maximum absolute atomic E-state index is 5.27. The third-order valence-electron chi connectivity index (χ3n) is 12.6. The van der Waals surface area contributed by atoms with Crippen molar-refractivity contribution in [2.45, 2.75) is 24.7 Å². The number of hydrogen-bond acceptors (Lipinski definition) is 2. The third kappa shape index (κ3) is 5.18. The lowest BCUT2D eigenvalue weighted by molar-refractivity contribution is 0.563. The summed E-state index contributed by atoms with van der Waals surface area (Å²) in [5.41, 5.74) is 19.7. The molecule has 11 rings (SSSR count). The second kappa shape index (κ2) is 13.2. The van der Waals surface area contributed by atoms with Crippen LogP contribution in [-0.4, -0.2) is 9.97 Å². The van der Waals surface area contributed by atoms with E-state index in [1.54, 1.807) is 0 Å². The Hall–Kier alpha value is -7.16. The van der Waals surface area contributed by atoms with Crippen molar-refractivity contribution in [1.29, 1.82) is 0 Å². The predicted molar refractivity (Wildman–Crippen MR) is 239 cm³/mol. The van der Waals surface area contributed by atoms with E-state index in [1.165, 1.54) is 55.6 Å². The molecule has 0 saturated carbocycles. The normalized spacial score (nSPS) is 14.0. The summed E-state index contributed by atoms with van der Waals surface area (Å²) < 4.78 is 0. The molecule has 2 aliphatic rings. The molecule has 0 radical (unpaired) electrons. The summed E-state index contributed by atoms with van der Waals surface area (Å²) in [6.07, 6.45) is 0. The molecule has 0 fully saturated rings. The molecule has 0 amide bonds. The van der Waals surface area contributed by atoms with Crippen molar-refractivity contribution in [3.8, 4) is 67.3 Å². The van der Waals surface area contributed by atoms with Crippen LogP contribution in [0.3, 0.4) is 0 Å². The SMILES string of the molecule is CC1(C)c2ccccc2C2(c3ccccc3-c3ccccc32)c2ccc(-c3cccc(-c4cc(-c5ccccc5)nc(-c5cccc(-c6ccccc6)c5)n4)c3)cc21. The van der Waals surface area contributed by atoms with Crippen LogP contribution in [0.5, 0.6) is 0 Å².